The van der Waals surface area contributed by atoms with Crippen molar-refractivity contribution in [3.05, 3.63) is 102 Å². The van der Waals surface area contributed by atoms with E-state index in [1.807, 2.05) is 66.7 Å². The van der Waals surface area contributed by atoms with Gasteiger partial charge in [0.1, 0.15) is 36.2 Å². The Bertz CT molecular complexity index is 2290. The molecule has 60 heavy (non-hydrogen) atoms. The van der Waals surface area contributed by atoms with Gasteiger partial charge in [-0.25, -0.2) is 18.7 Å². The number of benzene rings is 4. The van der Waals surface area contributed by atoms with Crippen LogP contribution in [-0.4, -0.2) is 108 Å². The minimum atomic E-state index is -0.507. The van der Waals surface area contributed by atoms with Crippen LogP contribution in [-0.2, 0) is 41.6 Å². The zero-order valence-electron chi connectivity index (χ0n) is 34.0. The Labute approximate surface area is 346 Å². The van der Waals surface area contributed by atoms with Gasteiger partial charge in [-0.2, -0.15) is 0 Å². The summed E-state index contributed by atoms with van der Waals surface area (Å²) >= 11 is 0. The van der Waals surface area contributed by atoms with Gasteiger partial charge >= 0.3 is 12.2 Å². The fourth-order valence-electron chi connectivity index (χ4n) is 6.85. The van der Waals surface area contributed by atoms with E-state index in [-0.39, 0.29) is 26.4 Å². The van der Waals surface area contributed by atoms with Gasteiger partial charge in [0.25, 0.3) is 0 Å². The second-order valence-corrected chi connectivity index (χ2v) is 13.4. The molecule has 15 nitrogen and oxygen atoms in total. The topological polar surface area (TPSA) is 149 Å². The van der Waals surface area contributed by atoms with E-state index in [0.717, 1.165) is 32.9 Å². The van der Waals surface area contributed by atoms with Gasteiger partial charge in [0, 0.05) is 21.5 Å². The van der Waals surface area contributed by atoms with Crippen LogP contribution in [0.3, 0.4) is 0 Å². The SMILES string of the molecule is COc1ccc2c(c1)c1cc(OC)ccc1n2C(=O)OCCOCCOCc1cccc(COCCOCCOC(=O)n2c3ccc(OC)cc3c3cc(OC)ccc32)n1. The van der Waals surface area contributed by atoms with Crippen LogP contribution in [0.15, 0.2) is 91.0 Å². The first-order chi connectivity index (χ1) is 29.4. The lowest BCUT2D eigenvalue weighted by Crippen LogP contribution is -2.17. The summed E-state index contributed by atoms with van der Waals surface area (Å²) in [5.74, 6) is 2.73. The Morgan fingerprint density at radius 2 is 0.750 bits per heavy atom. The fraction of sp³-hybridized carbons (Fsp3) is 0.311. The van der Waals surface area contributed by atoms with Crippen LogP contribution >= 0.6 is 0 Å². The van der Waals surface area contributed by atoms with Gasteiger partial charge in [-0.1, -0.05) is 6.07 Å². The molecule has 0 spiro atoms. The van der Waals surface area contributed by atoms with Gasteiger partial charge in [0.2, 0.25) is 0 Å². The highest BCUT2D eigenvalue weighted by atomic mass is 16.6. The predicted octanol–water partition coefficient (Wildman–Crippen LogP) is 7.77. The van der Waals surface area contributed by atoms with Crippen molar-refractivity contribution < 1.29 is 57.0 Å². The highest BCUT2D eigenvalue weighted by molar-refractivity contribution is 6.14. The van der Waals surface area contributed by atoms with Crippen LogP contribution in [0.25, 0.3) is 43.6 Å². The van der Waals surface area contributed by atoms with Crippen LogP contribution in [0.2, 0.25) is 0 Å². The number of rotatable bonds is 20. The molecule has 0 fully saturated rings. The smallest absolute Gasteiger partial charge is 0.419 e. The largest absolute Gasteiger partial charge is 0.497 e. The minimum absolute atomic E-state index is 0.0747. The third-order valence-corrected chi connectivity index (χ3v) is 9.74. The Morgan fingerprint density at radius 1 is 0.433 bits per heavy atom. The number of hydrogen-bond donors (Lipinski definition) is 0. The fourth-order valence-corrected chi connectivity index (χ4v) is 6.85. The summed E-state index contributed by atoms with van der Waals surface area (Å²) in [5, 5.41) is 3.40. The first-order valence-electron chi connectivity index (χ1n) is 19.3. The third kappa shape index (κ3) is 9.56. The molecule has 3 aromatic heterocycles. The maximum Gasteiger partial charge on any atom is 0.419 e. The predicted molar refractivity (Wildman–Crippen MR) is 224 cm³/mol. The molecule has 0 N–H and O–H groups in total. The molecule has 0 aliphatic rings. The Kier molecular flexibility index (Phi) is 14.0. The average molecular weight is 822 g/mol. The summed E-state index contributed by atoms with van der Waals surface area (Å²) in [6.07, 6.45) is -1.01. The average Bonchev–Trinajstić information content (AvgIpc) is 3.79. The molecular weight excluding hydrogens is 775 g/mol. The summed E-state index contributed by atoms with van der Waals surface area (Å²) in [4.78, 5) is 31.0. The van der Waals surface area contributed by atoms with Gasteiger partial charge in [0.05, 0.1) is 115 Å². The molecule has 15 heteroatoms. The standard InChI is InChI=1S/C45H47N3O12/c1-51-32-8-12-40-36(24-32)37-25-33(52-2)9-13-41(37)47(40)44(49)59-22-20-55-16-18-57-28-30-6-5-7-31(46-30)29-58-19-17-56-21-23-60-45(50)48-42-14-10-34(53-3)26-38(42)39-27-35(54-4)11-15-43(39)48/h5-15,24-27H,16-23,28-29H2,1-4H3. The number of carbonyl (C=O) groups excluding carboxylic acids is 2. The number of carbonyl (C=O) groups is 2. The lowest BCUT2D eigenvalue weighted by molar-refractivity contribution is 0.0207. The summed E-state index contributed by atoms with van der Waals surface area (Å²) < 4.78 is 58.6. The van der Waals surface area contributed by atoms with Crippen molar-refractivity contribution in [2.45, 2.75) is 13.2 Å². The highest BCUT2D eigenvalue weighted by Crippen LogP contribution is 2.35. The maximum atomic E-state index is 13.2. The Morgan fingerprint density at radius 3 is 1.08 bits per heavy atom. The van der Waals surface area contributed by atoms with Gasteiger partial charge < -0.3 is 47.4 Å². The van der Waals surface area contributed by atoms with Crippen molar-refractivity contribution >= 4 is 55.8 Å². The summed E-state index contributed by atoms with van der Waals surface area (Å²) in [7, 11) is 6.41. The van der Waals surface area contributed by atoms with E-state index in [9.17, 15) is 9.59 Å². The lowest BCUT2D eigenvalue weighted by Gasteiger charge is -2.10. The zero-order chi connectivity index (χ0) is 41.8. The molecule has 0 saturated carbocycles. The summed E-state index contributed by atoms with van der Waals surface area (Å²) in [5.41, 5.74) is 4.31. The van der Waals surface area contributed by atoms with E-state index in [4.69, 9.17) is 47.4 Å². The molecule has 4 aromatic carbocycles. The summed E-state index contributed by atoms with van der Waals surface area (Å²) in [6.45, 7) is 2.48. The first-order valence-corrected chi connectivity index (χ1v) is 19.3. The molecule has 0 aliphatic heterocycles. The van der Waals surface area contributed by atoms with Crippen molar-refractivity contribution in [2.24, 2.45) is 0 Å². The Balaban J connectivity index is 0.767. The van der Waals surface area contributed by atoms with Gasteiger partial charge in [-0.05, 0) is 84.9 Å². The van der Waals surface area contributed by atoms with E-state index in [1.54, 1.807) is 61.8 Å². The molecule has 0 unspecified atom stereocenters. The van der Waals surface area contributed by atoms with Gasteiger partial charge in [-0.15, -0.1) is 0 Å². The van der Waals surface area contributed by atoms with Crippen LogP contribution in [0, 0.1) is 0 Å². The second kappa shape index (κ2) is 20.0. The summed E-state index contributed by atoms with van der Waals surface area (Å²) in [6, 6.07) is 27.8. The third-order valence-electron chi connectivity index (χ3n) is 9.74. The second-order valence-electron chi connectivity index (χ2n) is 13.4. The van der Waals surface area contributed by atoms with Crippen LogP contribution in [0.1, 0.15) is 11.4 Å². The van der Waals surface area contributed by atoms with Gasteiger partial charge in [-0.3, -0.25) is 4.98 Å². The molecule has 0 amide bonds. The Hall–Kier alpha value is -6.39. The molecule has 3 heterocycles. The monoisotopic (exact) mass is 821 g/mol. The molecule has 0 saturated heterocycles. The number of nitrogens with zero attached hydrogens (tertiary/aromatic N) is 3. The number of ether oxygens (including phenoxy) is 10. The number of hydrogen-bond acceptors (Lipinski definition) is 13. The van der Waals surface area contributed by atoms with Crippen LogP contribution in [0.5, 0.6) is 23.0 Å². The molecule has 0 bridgehead atoms. The maximum absolute atomic E-state index is 13.2. The van der Waals surface area contributed by atoms with E-state index in [1.165, 1.54) is 0 Å². The molecule has 314 valence electrons. The molecule has 0 aliphatic carbocycles. The van der Waals surface area contributed by atoms with Crippen molar-refractivity contribution in [1.29, 1.82) is 0 Å². The molecule has 0 atom stereocenters. The molecule has 7 aromatic rings. The quantitative estimate of drug-likeness (QED) is 0.0690. The van der Waals surface area contributed by atoms with Crippen LogP contribution < -0.4 is 18.9 Å². The van der Waals surface area contributed by atoms with Crippen molar-refractivity contribution in [3.8, 4) is 23.0 Å². The first kappa shape index (κ1) is 41.8. The van der Waals surface area contributed by atoms with Crippen molar-refractivity contribution in [1.82, 2.24) is 14.1 Å². The molecule has 7 rings (SSSR count). The van der Waals surface area contributed by atoms with E-state index in [0.29, 0.717) is 84.7 Å². The van der Waals surface area contributed by atoms with Crippen molar-refractivity contribution in [3.63, 3.8) is 0 Å². The molecule has 0 radical (unpaired) electrons. The number of fused-ring (bicyclic) bond motifs is 6. The number of aromatic nitrogens is 3. The van der Waals surface area contributed by atoms with Crippen LogP contribution in [0.4, 0.5) is 9.59 Å². The number of pyridine rings is 1. The van der Waals surface area contributed by atoms with E-state index >= 15 is 0 Å². The normalized spacial score (nSPS) is 11.4. The number of methoxy groups -OCH3 is 4. The van der Waals surface area contributed by atoms with Gasteiger partial charge in [0.15, 0.2) is 0 Å². The van der Waals surface area contributed by atoms with E-state index < -0.39 is 12.2 Å². The van der Waals surface area contributed by atoms with Crippen molar-refractivity contribution in [2.75, 3.05) is 81.3 Å². The minimum Gasteiger partial charge on any atom is -0.497 e. The zero-order valence-corrected chi connectivity index (χ0v) is 34.0. The van der Waals surface area contributed by atoms with E-state index in [2.05, 4.69) is 4.98 Å². The lowest BCUT2D eigenvalue weighted by atomic mass is 10.1. The highest BCUT2D eigenvalue weighted by Gasteiger charge is 2.20. The molecular formula is C45H47N3O12.